The number of aryl methyl sites for hydroxylation is 2. The Kier molecular flexibility index (Phi) is 5.37. The first-order valence-electron chi connectivity index (χ1n) is 9.58. The second kappa shape index (κ2) is 8.26. The third kappa shape index (κ3) is 4.18. The number of hydrogen-bond acceptors (Lipinski definition) is 4. The predicted octanol–water partition coefficient (Wildman–Crippen LogP) is 3.08. The molecule has 2 aromatic carbocycles. The molecule has 150 valence electrons. The van der Waals surface area contributed by atoms with Gasteiger partial charge in [0.1, 0.15) is 0 Å². The Hall–Kier alpha value is -3.48. The number of aliphatic imine (C=N–C) groups is 1. The number of nitrogens with zero attached hydrogens (tertiary/aromatic N) is 3. The molecule has 1 aromatic heterocycles. The Bertz CT molecular complexity index is 1040. The zero-order valence-electron chi connectivity index (χ0n) is 16.9. The summed E-state index contributed by atoms with van der Waals surface area (Å²) in [6.07, 6.45) is 0. The second-order valence-corrected chi connectivity index (χ2v) is 6.93. The first-order chi connectivity index (χ1) is 14.1. The van der Waals surface area contributed by atoms with Gasteiger partial charge in [-0.15, -0.1) is 0 Å². The maximum atomic E-state index is 5.44. The van der Waals surface area contributed by atoms with Crippen molar-refractivity contribution in [3.8, 4) is 17.2 Å². The molecule has 0 saturated carbocycles. The zero-order chi connectivity index (χ0) is 20.2. The summed E-state index contributed by atoms with van der Waals surface area (Å²) in [6, 6.07) is 16.3. The van der Waals surface area contributed by atoms with Gasteiger partial charge in [-0.2, -0.15) is 5.10 Å². The molecule has 1 aliphatic rings. The molecule has 3 aromatic rings. The fourth-order valence-corrected chi connectivity index (χ4v) is 3.38. The monoisotopic (exact) mass is 391 g/mol. The van der Waals surface area contributed by atoms with E-state index in [1.165, 1.54) is 0 Å². The van der Waals surface area contributed by atoms with E-state index in [1.807, 2.05) is 41.9 Å². The van der Waals surface area contributed by atoms with Crippen molar-refractivity contribution in [2.75, 3.05) is 13.8 Å². The van der Waals surface area contributed by atoms with E-state index in [9.17, 15) is 0 Å². The van der Waals surface area contributed by atoms with Gasteiger partial charge in [0.2, 0.25) is 6.79 Å². The average molecular weight is 391 g/mol. The first kappa shape index (κ1) is 18.9. The SMILES string of the molecule is CN=C(NCc1ccc2c(c1)OCO2)NCc1ccccc1-n1nc(C)cc1C. The Morgan fingerprint density at radius 1 is 1.03 bits per heavy atom. The van der Waals surface area contributed by atoms with Crippen molar-refractivity contribution in [2.45, 2.75) is 26.9 Å². The van der Waals surface area contributed by atoms with E-state index in [2.05, 4.69) is 45.8 Å². The van der Waals surface area contributed by atoms with Gasteiger partial charge < -0.3 is 20.1 Å². The number of guanidine groups is 1. The summed E-state index contributed by atoms with van der Waals surface area (Å²) >= 11 is 0. The molecular formula is C22H25N5O2. The van der Waals surface area contributed by atoms with Gasteiger partial charge in [0.15, 0.2) is 17.5 Å². The van der Waals surface area contributed by atoms with Gasteiger partial charge in [0, 0.05) is 25.8 Å². The van der Waals surface area contributed by atoms with Gasteiger partial charge in [-0.3, -0.25) is 4.99 Å². The average Bonchev–Trinajstić information content (AvgIpc) is 3.33. The number of ether oxygens (including phenoxy) is 2. The summed E-state index contributed by atoms with van der Waals surface area (Å²) in [4.78, 5) is 4.33. The lowest BCUT2D eigenvalue weighted by Crippen LogP contribution is -2.36. The van der Waals surface area contributed by atoms with Crippen LogP contribution in [0.5, 0.6) is 11.5 Å². The van der Waals surface area contributed by atoms with Crippen LogP contribution in [-0.4, -0.2) is 29.6 Å². The number of aromatic nitrogens is 2. The maximum Gasteiger partial charge on any atom is 0.231 e. The molecule has 29 heavy (non-hydrogen) atoms. The van der Waals surface area contributed by atoms with Crippen molar-refractivity contribution in [3.63, 3.8) is 0 Å². The van der Waals surface area contributed by atoms with Gasteiger partial charge >= 0.3 is 0 Å². The molecule has 0 fully saturated rings. The van der Waals surface area contributed by atoms with Gasteiger partial charge in [-0.05, 0) is 49.2 Å². The summed E-state index contributed by atoms with van der Waals surface area (Å²) in [5.41, 5.74) is 5.42. The molecule has 0 aliphatic carbocycles. The van der Waals surface area contributed by atoms with E-state index in [4.69, 9.17) is 9.47 Å². The normalized spacial score (nSPS) is 12.9. The standard InChI is InChI=1S/C22H25N5O2/c1-15-10-16(2)27(26-15)19-7-5-4-6-18(19)13-25-22(23-3)24-12-17-8-9-20-21(11-17)29-14-28-20/h4-11H,12-14H2,1-3H3,(H2,23,24,25). The Balaban J connectivity index is 1.41. The minimum atomic E-state index is 0.282. The summed E-state index contributed by atoms with van der Waals surface area (Å²) in [5.74, 6) is 2.30. The lowest BCUT2D eigenvalue weighted by Gasteiger charge is -2.15. The summed E-state index contributed by atoms with van der Waals surface area (Å²) in [6.45, 7) is 5.62. The van der Waals surface area contributed by atoms with Crippen molar-refractivity contribution in [3.05, 3.63) is 71.0 Å². The van der Waals surface area contributed by atoms with Crippen LogP contribution in [0.15, 0.2) is 53.5 Å². The van der Waals surface area contributed by atoms with Crippen LogP contribution >= 0.6 is 0 Å². The quantitative estimate of drug-likeness (QED) is 0.517. The van der Waals surface area contributed by atoms with Gasteiger partial charge in [-0.1, -0.05) is 24.3 Å². The minimum Gasteiger partial charge on any atom is -0.454 e. The molecule has 0 atom stereocenters. The molecule has 7 heteroatoms. The van der Waals surface area contributed by atoms with E-state index in [0.29, 0.717) is 13.1 Å². The highest BCUT2D eigenvalue weighted by atomic mass is 16.7. The molecule has 1 aliphatic heterocycles. The van der Waals surface area contributed by atoms with E-state index in [-0.39, 0.29) is 6.79 Å². The van der Waals surface area contributed by atoms with Crippen LogP contribution in [0.25, 0.3) is 5.69 Å². The molecule has 0 radical (unpaired) electrons. The minimum absolute atomic E-state index is 0.282. The lowest BCUT2D eigenvalue weighted by molar-refractivity contribution is 0.174. The van der Waals surface area contributed by atoms with Crippen molar-refractivity contribution in [2.24, 2.45) is 4.99 Å². The molecular weight excluding hydrogens is 366 g/mol. The van der Waals surface area contributed by atoms with E-state index >= 15 is 0 Å². The number of rotatable bonds is 5. The third-order valence-corrected chi connectivity index (χ3v) is 4.80. The van der Waals surface area contributed by atoms with Crippen LogP contribution in [0, 0.1) is 13.8 Å². The van der Waals surface area contributed by atoms with Crippen LogP contribution in [0.2, 0.25) is 0 Å². The molecule has 4 rings (SSSR count). The van der Waals surface area contributed by atoms with Gasteiger partial charge in [-0.25, -0.2) is 4.68 Å². The van der Waals surface area contributed by atoms with Crippen molar-refractivity contribution >= 4 is 5.96 Å². The van der Waals surface area contributed by atoms with Crippen molar-refractivity contribution in [1.82, 2.24) is 20.4 Å². The zero-order valence-corrected chi connectivity index (χ0v) is 16.9. The smallest absolute Gasteiger partial charge is 0.231 e. The van der Waals surface area contributed by atoms with E-state index in [1.54, 1.807) is 7.05 Å². The highest BCUT2D eigenvalue weighted by Crippen LogP contribution is 2.32. The topological polar surface area (TPSA) is 72.7 Å². The van der Waals surface area contributed by atoms with Crippen LogP contribution in [0.3, 0.4) is 0 Å². The number of hydrogen-bond donors (Lipinski definition) is 2. The fraction of sp³-hybridized carbons (Fsp3) is 0.273. The number of benzene rings is 2. The highest BCUT2D eigenvalue weighted by molar-refractivity contribution is 5.79. The Morgan fingerprint density at radius 3 is 2.62 bits per heavy atom. The number of nitrogens with one attached hydrogen (secondary N) is 2. The predicted molar refractivity (Wildman–Crippen MR) is 113 cm³/mol. The highest BCUT2D eigenvalue weighted by Gasteiger charge is 2.13. The summed E-state index contributed by atoms with van der Waals surface area (Å²) in [7, 11) is 1.77. The van der Waals surface area contributed by atoms with Gasteiger partial charge in [0.25, 0.3) is 0 Å². The molecule has 0 bridgehead atoms. The maximum absolute atomic E-state index is 5.44. The number of para-hydroxylation sites is 1. The molecule has 0 spiro atoms. The molecule has 0 amide bonds. The Labute approximate surface area is 170 Å². The van der Waals surface area contributed by atoms with Crippen molar-refractivity contribution < 1.29 is 9.47 Å². The molecule has 7 nitrogen and oxygen atoms in total. The van der Waals surface area contributed by atoms with Crippen LogP contribution < -0.4 is 20.1 Å². The van der Waals surface area contributed by atoms with Crippen LogP contribution in [-0.2, 0) is 13.1 Å². The number of fused-ring (bicyclic) bond motifs is 1. The third-order valence-electron chi connectivity index (χ3n) is 4.80. The second-order valence-electron chi connectivity index (χ2n) is 6.93. The molecule has 2 heterocycles. The van der Waals surface area contributed by atoms with Crippen LogP contribution in [0.1, 0.15) is 22.5 Å². The Morgan fingerprint density at radius 2 is 1.83 bits per heavy atom. The van der Waals surface area contributed by atoms with Gasteiger partial charge in [0.05, 0.1) is 11.4 Å². The molecule has 0 unspecified atom stereocenters. The largest absolute Gasteiger partial charge is 0.454 e. The van der Waals surface area contributed by atoms with Crippen LogP contribution in [0.4, 0.5) is 0 Å². The van der Waals surface area contributed by atoms with Crippen molar-refractivity contribution in [1.29, 1.82) is 0 Å². The molecule has 0 saturated heterocycles. The lowest BCUT2D eigenvalue weighted by atomic mass is 10.1. The molecule has 2 N–H and O–H groups in total. The summed E-state index contributed by atoms with van der Waals surface area (Å²) in [5, 5.41) is 11.3. The summed E-state index contributed by atoms with van der Waals surface area (Å²) < 4.78 is 12.8. The first-order valence-corrected chi connectivity index (χ1v) is 9.58. The van der Waals surface area contributed by atoms with E-state index < -0.39 is 0 Å². The fourth-order valence-electron chi connectivity index (χ4n) is 3.38. The van der Waals surface area contributed by atoms with E-state index in [0.717, 1.165) is 45.7 Å².